The molecule has 112 valence electrons. The van der Waals surface area contributed by atoms with Crippen LogP contribution in [-0.2, 0) is 4.79 Å². The van der Waals surface area contributed by atoms with Crippen LogP contribution in [-0.4, -0.2) is 49.6 Å². The van der Waals surface area contributed by atoms with E-state index in [1.165, 1.54) is 0 Å². The van der Waals surface area contributed by atoms with Crippen LogP contribution in [0.3, 0.4) is 0 Å². The number of fused-ring (bicyclic) bond motifs is 1. The molecule has 21 heavy (non-hydrogen) atoms. The summed E-state index contributed by atoms with van der Waals surface area (Å²) in [7, 11) is 3.93. The van der Waals surface area contributed by atoms with Crippen LogP contribution in [0.4, 0.5) is 16.2 Å². The Morgan fingerprint density at radius 3 is 2.48 bits per heavy atom. The third kappa shape index (κ3) is 1.93. The quantitative estimate of drug-likeness (QED) is 0.902. The van der Waals surface area contributed by atoms with E-state index in [2.05, 4.69) is 0 Å². The normalized spacial score (nSPS) is 24.4. The van der Waals surface area contributed by atoms with Crippen molar-refractivity contribution in [2.75, 3.05) is 37.0 Å². The third-order valence-electron chi connectivity index (χ3n) is 4.51. The summed E-state index contributed by atoms with van der Waals surface area (Å²) in [6, 6.07) is 7.61. The standard InChI is InChI=1S/C15H20N4O2/c1-17(2)11-4-6-12(7-5-11)18-10-15(13(16)20)8-3-9-19(15)14(18)21/h4-7H,3,8-10H2,1-2H3,(H2,16,20)/t15-/m1/s1. The lowest BCUT2D eigenvalue weighted by molar-refractivity contribution is -0.125. The predicted molar refractivity (Wildman–Crippen MR) is 81.4 cm³/mol. The number of urea groups is 1. The average molecular weight is 288 g/mol. The number of amides is 3. The SMILES string of the molecule is CN(C)c1ccc(N2C[C@@]3(C(N)=O)CCCN3C2=O)cc1. The molecule has 2 aliphatic rings. The van der Waals surface area contributed by atoms with Crippen LogP contribution in [0.25, 0.3) is 0 Å². The van der Waals surface area contributed by atoms with Gasteiger partial charge in [0.1, 0.15) is 5.54 Å². The maximum Gasteiger partial charge on any atom is 0.325 e. The Hall–Kier alpha value is -2.24. The molecule has 0 aromatic heterocycles. The van der Waals surface area contributed by atoms with Gasteiger partial charge in [-0.15, -0.1) is 0 Å². The zero-order valence-corrected chi connectivity index (χ0v) is 12.4. The highest BCUT2D eigenvalue weighted by Gasteiger charge is 2.56. The van der Waals surface area contributed by atoms with E-state index in [1.54, 1.807) is 9.80 Å². The first-order chi connectivity index (χ1) is 9.95. The Morgan fingerprint density at radius 2 is 1.95 bits per heavy atom. The maximum absolute atomic E-state index is 12.5. The van der Waals surface area contributed by atoms with Crippen LogP contribution >= 0.6 is 0 Å². The topological polar surface area (TPSA) is 69.9 Å². The van der Waals surface area contributed by atoms with Crippen molar-refractivity contribution in [3.8, 4) is 0 Å². The smallest absolute Gasteiger partial charge is 0.325 e. The Labute approximate surface area is 124 Å². The van der Waals surface area contributed by atoms with Crippen LogP contribution in [0.1, 0.15) is 12.8 Å². The second-order valence-electron chi connectivity index (χ2n) is 5.93. The molecule has 1 aromatic carbocycles. The number of carbonyl (C=O) groups is 2. The minimum atomic E-state index is -0.822. The van der Waals surface area contributed by atoms with Gasteiger partial charge in [0.05, 0.1) is 6.54 Å². The number of rotatable bonds is 3. The van der Waals surface area contributed by atoms with Gasteiger partial charge in [0.15, 0.2) is 0 Å². The van der Waals surface area contributed by atoms with Crippen molar-refractivity contribution in [1.82, 2.24) is 4.90 Å². The number of nitrogens with zero attached hydrogens (tertiary/aromatic N) is 3. The zero-order valence-electron chi connectivity index (χ0n) is 12.4. The maximum atomic E-state index is 12.5. The van der Waals surface area contributed by atoms with Crippen LogP contribution in [0, 0.1) is 0 Å². The zero-order chi connectivity index (χ0) is 15.2. The van der Waals surface area contributed by atoms with E-state index in [1.807, 2.05) is 43.3 Å². The summed E-state index contributed by atoms with van der Waals surface area (Å²) in [5, 5.41) is 0. The first kappa shape index (κ1) is 13.7. The summed E-state index contributed by atoms with van der Waals surface area (Å²) < 4.78 is 0. The number of carbonyl (C=O) groups excluding carboxylic acids is 2. The molecule has 0 bridgehead atoms. The molecule has 2 fully saturated rings. The van der Waals surface area contributed by atoms with E-state index in [0.29, 0.717) is 19.5 Å². The fraction of sp³-hybridized carbons (Fsp3) is 0.467. The molecule has 2 heterocycles. The fourth-order valence-electron chi connectivity index (χ4n) is 3.26. The summed E-state index contributed by atoms with van der Waals surface area (Å²) in [6.07, 6.45) is 1.49. The Bertz CT molecular complexity index is 584. The summed E-state index contributed by atoms with van der Waals surface area (Å²) in [5.74, 6) is -0.402. The van der Waals surface area contributed by atoms with Gasteiger partial charge < -0.3 is 15.5 Å². The Balaban J connectivity index is 1.91. The lowest BCUT2D eigenvalue weighted by Gasteiger charge is -2.25. The number of nitrogens with two attached hydrogens (primary N) is 1. The first-order valence-corrected chi connectivity index (χ1v) is 7.12. The number of hydrogen-bond donors (Lipinski definition) is 1. The molecule has 2 N–H and O–H groups in total. The van der Waals surface area contributed by atoms with Gasteiger partial charge >= 0.3 is 6.03 Å². The van der Waals surface area contributed by atoms with Gasteiger partial charge in [-0.25, -0.2) is 4.79 Å². The molecule has 0 spiro atoms. The molecule has 3 rings (SSSR count). The van der Waals surface area contributed by atoms with Gasteiger partial charge in [0.25, 0.3) is 0 Å². The Morgan fingerprint density at radius 1 is 1.29 bits per heavy atom. The van der Waals surface area contributed by atoms with Crippen molar-refractivity contribution in [3.63, 3.8) is 0 Å². The number of benzene rings is 1. The van der Waals surface area contributed by atoms with Crippen molar-refractivity contribution in [2.24, 2.45) is 5.73 Å². The molecule has 3 amide bonds. The van der Waals surface area contributed by atoms with E-state index in [-0.39, 0.29) is 6.03 Å². The van der Waals surface area contributed by atoms with Crippen molar-refractivity contribution in [2.45, 2.75) is 18.4 Å². The fourth-order valence-corrected chi connectivity index (χ4v) is 3.26. The van der Waals surface area contributed by atoms with Crippen molar-refractivity contribution in [1.29, 1.82) is 0 Å². The molecule has 0 aliphatic carbocycles. The number of hydrogen-bond acceptors (Lipinski definition) is 3. The van der Waals surface area contributed by atoms with Gasteiger partial charge in [0.2, 0.25) is 5.91 Å². The minimum Gasteiger partial charge on any atom is -0.378 e. The van der Waals surface area contributed by atoms with Crippen LogP contribution in [0.5, 0.6) is 0 Å². The highest BCUT2D eigenvalue weighted by atomic mass is 16.2. The molecule has 2 saturated heterocycles. The van der Waals surface area contributed by atoms with Gasteiger partial charge in [-0.1, -0.05) is 0 Å². The first-order valence-electron chi connectivity index (χ1n) is 7.12. The van der Waals surface area contributed by atoms with Crippen molar-refractivity contribution >= 4 is 23.3 Å². The molecule has 0 saturated carbocycles. The lowest BCUT2D eigenvalue weighted by Crippen LogP contribution is -2.52. The largest absolute Gasteiger partial charge is 0.378 e. The highest BCUT2D eigenvalue weighted by molar-refractivity contribution is 6.03. The van der Waals surface area contributed by atoms with Gasteiger partial charge in [0, 0.05) is 32.0 Å². The second kappa shape index (κ2) is 4.65. The monoisotopic (exact) mass is 288 g/mol. The second-order valence-corrected chi connectivity index (χ2v) is 5.93. The summed E-state index contributed by atoms with van der Waals surface area (Å²) in [6.45, 7) is 0.955. The van der Waals surface area contributed by atoms with Crippen molar-refractivity contribution in [3.05, 3.63) is 24.3 Å². The summed E-state index contributed by atoms with van der Waals surface area (Å²) >= 11 is 0. The Kier molecular flexibility index (Phi) is 3.04. The van der Waals surface area contributed by atoms with E-state index < -0.39 is 11.4 Å². The van der Waals surface area contributed by atoms with Gasteiger partial charge in [-0.2, -0.15) is 0 Å². The number of anilines is 2. The molecule has 2 aliphatic heterocycles. The highest BCUT2D eigenvalue weighted by Crippen LogP contribution is 2.38. The molecule has 0 radical (unpaired) electrons. The molecular formula is C15H20N4O2. The molecule has 6 nitrogen and oxygen atoms in total. The van der Waals surface area contributed by atoms with E-state index in [0.717, 1.165) is 17.8 Å². The van der Waals surface area contributed by atoms with Gasteiger partial charge in [-0.3, -0.25) is 9.69 Å². The molecule has 6 heteroatoms. The van der Waals surface area contributed by atoms with Crippen LogP contribution in [0.2, 0.25) is 0 Å². The molecular weight excluding hydrogens is 268 g/mol. The van der Waals surface area contributed by atoms with E-state index in [9.17, 15) is 9.59 Å². The average Bonchev–Trinajstić information content (AvgIpc) is 2.99. The third-order valence-corrected chi connectivity index (χ3v) is 4.51. The lowest BCUT2D eigenvalue weighted by atomic mass is 9.96. The van der Waals surface area contributed by atoms with Gasteiger partial charge in [-0.05, 0) is 37.1 Å². The molecule has 1 atom stereocenters. The minimum absolute atomic E-state index is 0.121. The van der Waals surface area contributed by atoms with E-state index in [4.69, 9.17) is 5.73 Å². The van der Waals surface area contributed by atoms with Crippen LogP contribution < -0.4 is 15.5 Å². The van der Waals surface area contributed by atoms with E-state index >= 15 is 0 Å². The predicted octanol–water partition coefficient (Wildman–Crippen LogP) is 1.01. The summed E-state index contributed by atoms with van der Waals surface area (Å²) in [4.78, 5) is 29.7. The van der Waals surface area contributed by atoms with Crippen LogP contribution in [0.15, 0.2) is 24.3 Å². The number of primary amides is 1. The van der Waals surface area contributed by atoms with Crippen molar-refractivity contribution < 1.29 is 9.59 Å². The molecule has 0 unspecified atom stereocenters. The summed E-state index contributed by atoms with van der Waals surface area (Å²) in [5.41, 5.74) is 6.62. The molecule has 1 aromatic rings.